The van der Waals surface area contributed by atoms with E-state index in [4.69, 9.17) is 0 Å². The molecule has 0 bridgehead atoms. The molecule has 0 radical (unpaired) electrons. The maximum atomic E-state index is 13.8. The Morgan fingerprint density at radius 1 is 1.22 bits per heavy atom. The summed E-state index contributed by atoms with van der Waals surface area (Å²) in [5.41, 5.74) is 1.77. The first-order chi connectivity index (χ1) is 15.6. The molecule has 162 valence electrons. The number of fused-ring (bicyclic) bond motifs is 1. The van der Waals surface area contributed by atoms with Crippen molar-refractivity contribution in [2.45, 2.75) is 18.9 Å². The van der Waals surface area contributed by atoms with Gasteiger partial charge in [0, 0.05) is 36.9 Å². The molecule has 0 saturated carbocycles. The van der Waals surface area contributed by atoms with Crippen LogP contribution in [0.4, 0.5) is 10.2 Å². The number of halogens is 1. The fourth-order valence-electron chi connectivity index (χ4n) is 4.09. The lowest BCUT2D eigenvalue weighted by Gasteiger charge is -2.34. The van der Waals surface area contributed by atoms with Crippen molar-refractivity contribution < 1.29 is 9.18 Å². The minimum absolute atomic E-state index is 0.0825. The van der Waals surface area contributed by atoms with Crippen LogP contribution in [0.5, 0.6) is 0 Å². The van der Waals surface area contributed by atoms with Crippen LogP contribution in [-0.4, -0.2) is 50.0 Å². The Labute approximate surface area is 184 Å². The van der Waals surface area contributed by atoms with Crippen LogP contribution in [0.2, 0.25) is 0 Å². The van der Waals surface area contributed by atoms with Crippen molar-refractivity contribution >= 4 is 22.5 Å². The molecule has 1 aromatic carbocycles. The van der Waals surface area contributed by atoms with E-state index in [0.29, 0.717) is 29.1 Å². The summed E-state index contributed by atoms with van der Waals surface area (Å²) in [4.78, 5) is 24.4. The molecule has 1 fully saturated rings. The van der Waals surface area contributed by atoms with Crippen LogP contribution in [0.15, 0.2) is 55.0 Å². The number of nitrogens with one attached hydrogen (secondary N) is 1. The third-order valence-corrected chi connectivity index (χ3v) is 5.67. The number of carbonyl (C=O) groups excluding carboxylic acids is 1. The topological polar surface area (TPSA) is 88.8 Å². The van der Waals surface area contributed by atoms with Gasteiger partial charge in [0.15, 0.2) is 0 Å². The molecule has 4 heterocycles. The molecule has 8 nitrogen and oxygen atoms in total. The zero-order valence-electron chi connectivity index (χ0n) is 17.6. The van der Waals surface area contributed by atoms with Crippen molar-refractivity contribution in [3.63, 3.8) is 0 Å². The number of benzene rings is 1. The predicted octanol–water partition coefficient (Wildman–Crippen LogP) is 2.96. The lowest BCUT2D eigenvalue weighted by Crippen LogP contribution is -2.49. The smallest absolute Gasteiger partial charge is 0.278 e. The summed E-state index contributed by atoms with van der Waals surface area (Å²) in [5.74, 6) is -0.0529. The van der Waals surface area contributed by atoms with E-state index in [-0.39, 0.29) is 17.8 Å². The fraction of sp³-hybridized carbons (Fsp3) is 0.261. The molecule has 1 amide bonds. The molecular weight excluding hydrogens is 409 g/mol. The molecular formula is C23H22FN7O. The SMILES string of the molecule is Cn1cc(-c2ccc(C(=O)N(c3nccc4cc(F)ccc34)C3CCCNC3)nc2)nn1. The van der Waals surface area contributed by atoms with Crippen molar-refractivity contribution in [1.82, 2.24) is 30.3 Å². The summed E-state index contributed by atoms with van der Waals surface area (Å²) in [6.07, 6.45) is 6.82. The van der Waals surface area contributed by atoms with Gasteiger partial charge in [0.05, 0.1) is 12.2 Å². The number of amides is 1. The van der Waals surface area contributed by atoms with E-state index in [9.17, 15) is 9.18 Å². The van der Waals surface area contributed by atoms with Gasteiger partial charge in [0.1, 0.15) is 23.0 Å². The first-order valence-corrected chi connectivity index (χ1v) is 10.5. The number of pyridine rings is 2. The van der Waals surface area contributed by atoms with Gasteiger partial charge in [-0.2, -0.15) is 0 Å². The van der Waals surface area contributed by atoms with Gasteiger partial charge >= 0.3 is 0 Å². The highest BCUT2D eigenvalue weighted by Gasteiger charge is 2.30. The van der Waals surface area contributed by atoms with E-state index in [1.54, 1.807) is 53.4 Å². The molecule has 0 spiro atoms. The molecule has 3 aromatic heterocycles. The van der Waals surface area contributed by atoms with Crippen LogP contribution < -0.4 is 10.2 Å². The largest absolute Gasteiger partial charge is 0.315 e. The Morgan fingerprint density at radius 3 is 2.84 bits per heavy atom. The zero-order chi connectivity index (χ0) is 22.1. The minimum atomic E-state index is -0.326. The number of anilines is 1. The van der Waals surface area contributed by atoms with E-state index in [0.717, 1.165) is 30.3 Å². The second-order valence-corrected chi connectivity index (χ2v) is 7.88. The molecule has 5 rings (SSSR count). The number of hydrogen-bond acceptors (Lipinski definition) is 6. The summed E-state index contributed by atoms with van der Waals surface area (Å²) >= 11 is 0. The lowest BCUT2D eigenvalue weighted by molar-refractivity contribution is 0.0967. The summed E-state index contributed by atoms with van der Waals surface area (Å²) in [5, 5.41) is 12.8. The number of nitrogens with zero attached hydrogens (tertiary/aromatic N) is 6. The quantitative estimate of drug-likeness (QED) is 0.535. The highest BCUT2D eigenvalue weighted by atomic mass is 19.1. The van der Waals surface area contributed by atoms with Crippen molar-refractivity contribution in [2.75, 3.05) is 18.0 Å². The first kappa shape index (κ1) is 20.2. The van der Waals surface area contributed by atoms with Crippen molar-refractivity contribution in [3.8, 4) is 11.3 Å². The van der Waals surface area contributed by atoms with Crippen molar-refractivity contribution in [1.29, 1.82) is 0 Å². The minimum Gasteiger partial charge on any atom is -0.315 e. The van der Waals surface area contributed by atoms with Crippen molar-refractivity contribution in [3.05, 3.63) is 66.5 Å². The Balaban J connectivity index is 1.55. The first-order valence-electron chi connectivity index (χ1n) is 10.5. The van der Waals surface area contributed by atoms with Gasteiger partial charge in [-0.05, 0) is 61.2 Å². The molecule has 0 aliphatic carbocycles. The Hall–Kier alpha value is -3.72. The Bertz CT molecular complexity index is 1270. The second kappa shape index (κ2) is 8.43. The van der Waals surface area contributed by atoms with Gasteiger partial charge in [-0.1, -0.05) is 5.21 Å². The van der Waals surface area contributed by atoms with E-state index < -0.39 is 0 Å². The van der Waals surface area contributed by atoms with Gasteiger partial charge in [-0.3, -0.25) is 19.4 Å². The normalized spacial score (nSPS) is 16.2. The second-order valence-electron chi connectivity index (χ2n) is 7.88. The average Bonchev–Trinajstić information content (AvgIpc) is 3.26. The maximum absolute atomic E-state index is 13.8. The number of aromatic nitrogens is 5. The number of hydrogen-bond donors (Lipinski definition) is 1. The molecule has 1 N–H and O–H groups in total. The van der Waals surface area contributed by atoms with Crippen LogP contribution in [0, 0.1) is 5.82 Å². The molecule has 1 unspecified atom stereocenters. The third kappa shape index (κ3) is 3.82. The van der Waals surface area contributed by atoms with Gasteiger partial charge in [-0.15, -0.1) is 5.10 Å². The number of aryl methyl sites for hydroxylation is 1. The fourth-order valence-corrected chi connectivity index (χ4v) is 4.09. The predicted molar refractivity (Wildman–Crippen MR) is 119 cm³/mol. The maximum Gasteiger partial charge on any atom is 0.278 e. The highest BCUT2D eigenvalue weighted by Crippen LogP contribution is 2.29. The van der Waals surface area contributed by atoms with Crippen molar-refractivity contribution in [2.24, 2.45) is 7.05 Å². The van der Waals surface area contributed by atoms with Crippen LogP contribution in [0.1, 0.15) is 23.3 Å². The van der Waals surface area contributed by atoms with Gasteiger partial charge in [0.25, 0.3) is 5.91 Å². The summed E-state index contributed by atoms with van der Waals surface area (Å²) in [6, 6.07) is 9.69. The van der Waals surface area contributed by atoms with Crippen LogP contribution >= 0.6 is 0 Å². The van der Waals surface area contributed by atoms with Gasteiger partial charge in [0.2, 0.25) is 0 Å². The Kier molecular flexibility index (Phi) is 5.32. The molecule has 1 aliphatic rings. The third-order valence-electron chi connectivity index (χ3n) is 5.67. The molecule has 1 saturated heterocycles. The lowest BCUT2D eigenvalue weighted by atomic mass is 10.0. The van der Waals surface area contributed by atoms with E-state index in [1.165, 1.54) is 12.1 Å². The zero-order valence-corrected chi connectivity index (χ0v) is 17.6. The van der Waals surface area contributed by atoms with E-state index in [2.05, 4.69) is 25.6 Å². The highest BCUT2D eigenvalue weighted by molar-refractivity contribution is 6.09. The van der Waals surface area contributed by atoms with E-state index >= 15 is 0 Å². The molecule has 1 aliphatic heterocycles. The molecule has 9 heteroatoms. The Morgan fingerprint density at radius 2 is 2.12 bits per heavy atom. The van der Waals surface area contributed by atoms with Crippen LogP contribution in [0.25, 0.3) is 22.0 Å². The molecule has 32 heavy (non-hydrogen) atoms. The number of carbonyl (C=O) groups is 1. The summed E-state index contributed by atoms with van der Waals surface area (Å²) in [6.45, 7) is 1.57. The number of rotatable bonds is 4. The summed E-state index contributed by atoms with van der Waals surface area (Å²) in [7, 11) is 1.79. The average molecular weight is 431 g/mol. The van der Waals surface area contributed by atoms with E-state index in [1.807, 2.05) is 6.07 Å². The number of piperidine rings is 1. The standard InChI is InChI=1S/C23H22FN7O/c1-30-14-21(28-29-30)16-4-7-20(27-12-16)23(32)31(18-3-2-9-25-13-18)22-19-6-5-17(24)11-15(19)8-10-26-22/h4-8,10-12,14,18,25H,2-3,9,13H2,1H3. The van der Waals surface area contributed by atoms with Gasteiger partial charge in [-0.25, -0.2) is 9.37 Å². The molecule has 4 aromatic rings. The molecule has 1 atom stereocenters. The summed E-state index contributed by atoms with van der Waals surface area (Å²) < 4.78 is 15.4. The van der Waals surface area contributed by atoms with Gasteiger partial charge < -0.3 is 5.32 Å². The van der Waals surface area contributed by atoms with Crippen LogP contribution in [0.3, 0.4) is 0 Å². The monoisotopic (exact) mass is 431 g/mol. The van der Waals surface area contributed by atoms with Crippen LogP contribution in [-0.2, 0) is 7.05 Å².